The van der Waals surface area contributed by atoms with E-state index in [9.17, 15) is 4.79 Å². The van der Waals surface area contributed by atoms with Gasteiger partial charge in [0.25, 0.3) is 0 Å². The van der Waals surface area contributed by atoms with E-state index in [4.69, 9.17) is 27.2 Å². The molecule has 34 heavy (non-hydrogen) atoms. The zero-order valence-electron chi connectivity index (χ0n) is 18.8. The highest BCUT2D eigenvalue weighted by atomic mass is 35.5. The number of aromatic nitrogens is 3. The fourth-order valence-corrected chi connectivity index (χ4v) is 5.59. The summed E-state index contributed by atoms with van der Waals surface area (Å²) in [5.41, 5.74) is 8.56. The molecule has 4 heterocycles. The summed E-state index contributed by atoms with van der Waals surface area (Å²) in [5.74, 6) is 7.48. The highest BCUT2D eigenvalue weighted by molar-refractivity contribution is 7.20. The minimum atomic E-state index is -0.0957. The van der Waals surface area contributed by atoms with Crippen LogP contribution in [0.5, 0.6) is 5.75 Å². The number of halogens is 1. The van der Waals surface area contributed by atoms with Crippen molar-refractivity contribution >= 4 is 55.7 Å². The van der Waals surface area contributed by atoms with Crippen molar-refractivity contribution in [2.45, 2.75) is 19.4 Å². The van der Waals surface area contributed by atoms with Gasteiger partial charge in [0.15, 0.2) is 0 Å². The molecular weight excluding hydrogens is 470 g/mol. The third-order valence-electron chi connectivity index (χ3n) is 5.96. The number of anilines is 1. The molecule has 0 aliphatic carbocycles. The summed E-state index contributed by atoms with van der Waals surface area (Å²) in [4.78, 5) is 18.9. The van der Waals surface area contributed by atoms with Crippen LogP contribution >= 0.6 is 22.9 Å². The topological polar surface area (TPSA) is 86.3 Å². The van der Waals surface area contributed by atoms with Gasteiger partial charge in [-0.3, -0.25) is 9.48 Å². The minimum absolute atomic E-state index is 0.0437. The van der Waals surface area contributed by atoms with Crippen molar-refractivity contribution in [2.75, 3.05) is 25.9 Å². The Morgan fingerprint density at radius 2 is 2.21 bits per heavy atom. The maximum atomic E-state index is 12.1. The van der Waals surface area contributed by atoms with Crippen molar-refractivity contribution in [3.8, 4) is 17.6 Å². The summed E-state index contributed by atoms with van der Waals surface area (Å²) >= 11 is 8.10. The highest BCUT2D eigenvalue weighted by Crippen LogP contribution is 2.36. The standard InChI is InChI=1S/C25H22ClN5O2S/c1-4-21(32)30-8-7-16(13-30)31-23-18(26)12-28-25(27)22(23)19(29-31)6-5-17-11-15-9-14(2)10-20(33-3)24(15)34-17/h4,9-12,16H,1,7-8,13H2,2-3H3,(H2,27,28)/t16-/m0/s1. The first kappa shape index (κ1) is 22.3. The predicted molar refractivity (Wildman–Crippen MR) is 136 cm³/mol. The number of hydrogen-bond acceptors (Lipinski definition) is 6. The normalized spacial score (nSPS) is 15.5. The van der Waals surface area contributed by atoms with Crippen molar-refractivity contribution in [2.24, 2.45) is 0 Å². The van der Waals surface area contributed by atoms with Gasteiger partial charge in [-0.25, -0.2) is 4.98 Å². The summed E-state index contributed by atoms with van der Waals surface area (Å²) in [6.07, 6.45) is 3.60. The van der Waals surface area contributed by atoms with Gasteiger partial charge < -0.3 is 15.4 Å². The second kappa shape index (κ2) is 8.67. The van der Waals surface area contributed by atoms with Crippen LogP contribution in [0.15, 0.2) is 37.1 Å². The van der Waals surface area contributed by atoms with Gasteiger partial charge >= 0.3 is 0 Å². The fraction of sp³-hybridized carbons (Fsp3) is 0.240. The molecule has 5 rings (SSSR count). The first-order chi connectivity index (χ1) is 16.4. The lowest BCUT2D eigenvalue weighted by molar-refractivity contribution is -0.125. The number of carbonyl (C=O) groups excluding carboxylic acids is 1. The van der Waals surface area contributed by atoms with E-state index in [1.165, 1.54) is 12.3 Å². The van der Waals surface area contributed by atoms with Crippen LogP contribution in [0.3, 0.4) is 0 Å². The Hall–Kier alpha value is -3.54. The Morgan fingerprint density at radius 3 is 2.97 bits per heavy atom. The van der Waals surface area contributed by atoms with Gasteiger partial charge in [0.1, 0.15) is 17.3 Å². The molecule has 1 amide bonds. The van der Waals surface area contributed by atoms with Crippen molar-refractivity contribution in [3.05, 3.63) is 58.2 Å². The van der Waals surface area contributed by atoms with Crippen LogP contribution in [0.4, 0.5) is 5.82 Å². The Labute approximate surface area is 205 Å². The van der Waals surface area contributed by atoms with Gasteiger partial charge in [0, 0.05) is 13.1 Å². The highest BCUT2D eigenvalue weighted by Gasteiger charge is 2.30. The molecule has 1 aromatic carbocycles. The van der Waals surface area contributed by atoms with Gasteiger partial charge in [-0.05, 0) is 54.3 Å². The van der Waals surface area contributed by atoms with E-state index < -0.39 is 0 Å². The number of aryl methyl sites for hydroxylation is 1. The number of benzene rings is 1. The van der Waals surface area contributed by atoms with Gasteiger partial charge in [-0.15, -0.1) is 11.3 Å². The molecule has 4 aromatic rings. The number of hydrogen-bond donors (Lipinski definition) is 1. The zero-order valence-corrected chi connectivity index (χ0v) is 20.3. The maximum absolute atomic E-state index is 12.1. The molecule has 0 unspecified atom stereocenters. The van der Waals surface area contributed by atoms with Crippen molar-refractivity contribution in [1.82, 2.24) is 19.7 Å². The lowest BCUT2D eigenvalue weighted by Crippen LogP contribution is -2.27. The van der Waals surface area contributed by atoms with Gasteiger partial charge in [-0.2, -0.15) is 5.10 Å². The van der Waals surface area contributed by atoms with Crippen molar-refractivity contribution in [1.29, 1.82) is 0 Å². The molecule has 172 valence electrons. The number of likely N-dealkylation sites (tertiary alicyclic amines) is 1. The van der Waals surface area contributed by atoms with Crippen LogP contribution in [0.1, 0.15) is 28.6 Å². The number of nitrogens with zero attached hydrogens (tertiary/aromatic N) is 4. The lowest BCUT2D eigenvalue weighted by Gasteiger charge is -2.15. The summed E-state index contributed by atoms with van der Waals surface area (Å²) in [7, 11) is 1.67. The van der Waals surface area contributed by atoms with E-state index in [-0.39, 0.29) is 11.9 Å². The minimum Gasteiger partial charge on any atom is -0.495 e. The monoisotopic (exact) mass is 491 g/mol. The molecule has 9 heteroatoms. The Kier molecular flexibility index (Phi) is 5.68. The van der Waals surface area contributed by atoms with Crippen LogP contribution in [0.2, 0.25) is 5.02 Å². The Bertz CT molecular complexity index is 1530. The Balaban J connectivity index is 1.59. The van der Waals surface area contributed by atoms with Gasteiger partial charge in [0.2, 0.25) is 5.91 Å². The van der Waals surface area contributed by atoms with Gasteiger partial charge in [0.05, 0.1) is 44.9 Å². The summed E-state index contributed by atoms with van der Waals surface area (Å²) in [6, 6.07) is 6.13. The van der Waals surface area contributed by atoms with E-state index in [2.05, 4.69) is 29.5 Å². The predicted octanol–water partition coefficient (Wildman–Crippen LogP) is 4.56. The van der Waals surface area contributed by atoms with Crippen LogP contribution in [0.25, 0.3) is 21.0 Å². The molecule has 1 aliphatic heterocycles. The molecule has 0 spiro atoms. The largest absolute Gasteiger partial charge is 0.495 e. The van der Waals surface area contributed by atoms with E-state index in [1.54, 1.807) is 23.3 Å². The summed E-state index contributed by atoms with van der Waals surface area (Å²) < 4.78 is 8.43. The molecule has 0 bridgehead atoms. The molecule has 1 aliphatic rings. The molecule has 0 radical (unpaired) electrons. The third kappa shape index (κ3) is 3.77. The number of pyridine rings is 1. The number of ether oxygens (including phenoxy) is 1. The molecule has 0 saturated carbocycles. The maximum Gasteiger partial charge on any atom is 0.246 e. The second-order valence-electron chi connectivity index (χ2n) is 8.19. The molecule has 3 aromatic heterocycles. The van der Waals surface area contributed by atoms with E-state index >= 15 is 0 Å². The average Bonchev–Trinajstić information content (AvgIpc) is 3.55. The smallest absolute Gasteiger partial charge is 0.246 e. The van der Waals surface area contributed by atoms with E-state index in [0.717, 1.165) is 32.7 Å². The SMILES string of the molecule is C=CC(=O)N1CC[C@H](n2nc(C#Cc3cc4cc(C)cc(OC)c4s3)c3c(N)ncc(Cl)c32)C1. The molecule has 1 atom stereocenters. The summed E-state index contributed by atoms with van der Waals surface area (Å²) in [5, 5.41) is 6.94. The zero-order chi connectivity index (χ0) is 24.0. The van der Waals surface area contributed by atoms with Gasteiger partial charge in [-0.1, -0.05) is 24.2 Å². The number of rotatable bonds is 3. The lowest BCUT2D eigenvalue weighted by atomic mass is 10.1. The first-order valence-electron chi connectivity index (χ1n) is 10.7. The number of methoxy groups -OCH3 is 1. The second-order valence-corrected chi connectivity index (χ2v) is 9.64. The van der Waals surface area contributed by atoms with Crippen molar-refractivity contribution in [3.63, 3.8) is 0 Å². The van der Waals surface area contributed by atoms with Crippen LogP contribution < -0.4 is 10.5 Å². The molecule has 2 N–H and O–H groups in total. The number of nitrogen functional groups attached to an aromatic ring is 1. The number of thiophene rings is 1. The van der Waals surface area contributed by atoms with Crippen LogP contribution in [-0.4, -0.2) is 45.8 Å². The fourth-order valence-electron chi connectivity index (χ4n) is 4.38. The van der Waals surface area contributed by atoms with Crippen LogP contribution in [0, 0.1) is 18.8 Å². The molecule has 7 nitrogen and oxygen atoms in total. The van der Waals surface area contributed by atoms with E-state index in [1.807, 2.05) is 23.7 Å². The third-order valence-corrected chi connectivity index (χ3v) is 7.31. The Morgan fingerprint density at radius 1 is 1.38 bits per heavy atom. The molecule has 1 saturated heterocycles. The average molecular weight is 492 g/mol. The number of carbonyl (C=O) groups is 1. The number of fused-ring (bicyclic) bond motifs is 2. The summed E-state index contributed by atoms with van der Waals surface area (Å²) in [6.45, 7) is 6.76. The molecule has 1 fully saturated rings. The van der Waals surface area contributed by atoms with Crippen molar-refractivity contribution < 1.29 is 9.53 Å². The number of amides is 1. The number of nitrogens with two attached hydrogens (primary N) is 1. The van der Waals surface area contributed by atoms with Crippen LogP contribution in [-0.2, 0) is 4.79 Å². The molecular formula is C25H22ClN5O2S. The van der Waals surface area contributed by atoms with E-state index in [0.29, 0.717) is 40.5 Å². The quantitative estimate of drug-likeness (QED) is 0.335. The first-order valence-corrected chi connectivity index (χ1v) is 11.9.